The third-order valence-corrected chi connectivity index (χ3v) is 4.45. The first-order valence-corrected chi connectivity index (χ1v) is 9.23. The Kier molecular flexibility index (Phi) is 6.57. The van der Waals surface area contributed by atoms with Crippen molar-refractivity contribution in [3.63, 3.8) is 0 Å². The number of hydrogen-bond donors (Lipinski definition) is 2. The van der Waals surface area contributed by atoms with Crippen molar-refractivity contribution in [1.82, 2.24) is 19.8 Å². The lowest BCUT2D eigenvalue weighted by Gasteiger charge is -2.25. The highest BCUT2D eigenvalue weighted by Crippen LogP contribution is 2.14. The maximum absolute atomic E-state index is 10.7. The fourth-order valence-corrected chi connectivity index (χ4v) is 2.68. The van der Waals surface area contributed by atoms with Crippen LogP contribution in [0, 0.1) is 0 Å². The van der Waals surface area contributed by atoms with Gasteiger partial charge in [-0.2, -0.15) is 14.8 Å². The van der Waals surface area contributed by atoms with Crippen molar-refractivity contribution in [2.24, 2.45) is 10.8 Å². The van der Waals surface area contributed by atoms with E-state index in [1.807, 2.05) is 4.90 Å². The SMILES string of the molecule is CN(/N=C/c1ccc(OCC(N)=O)cc1)C(=S)n1nc(N2CCOCC2)nc1N. The van der Waals surface area contributed by atoms with E-state index in [0.717, 1.165) is 5.56 Å². The van der Waals surface area contributed by atoms with Crippen LogP contribution < -0.4 is 21.1 Å². The minimum absolute atomic E-state index is 0.170. The molecule has 11 nitrogen and oxygen atoms in total. The Morgan fingerprint density at radius 2 is 2.07 bits per heavy atom. The number of ether oxygens (including phenoxy) is 2. The van der Waals surface area contributed by atoms with E-state index in [4.69, 9.17) is 33.2 Å². The second-order valence-electron chi connectivity index (χ2n) is 6.16. The van der Waals surface area contributed by atoms with Gasteiger partial charge in [-0.25, -0.2) is 5.01 Å². The van der Waals surface area contributed by atoms with Gasteiger partial charge in [0, 0.05) is 20.1 Å². The first-order valence-electron chi connectivity index (χ1n) is 8.82. The smallest absolute Gasteiger partial charge is 0.255 e. The molecule has 4 N–H and O–H groups in total. The summed E-state index contributed by atoms with van der Waals surface area (Å²) in [6.45, 7) is 2.47. The zero-order valence-electron chi connectivity index (χ0n) is 15.9. The van der Waals surface area contributed by atoms with Crippen LogP contribution in [0.2, 0.25) is 0 Å². The van der Waals surface area contributed by atoms with Crippen LogP contribution in [0.1, 0.15) is 5.56 Å². The molecule has 0 spiro atoms. The average molecular weight is 418 g/mol. The molecule has 0 bridgehead atoms. The number of hydrazone groups is 1. The Hall–Kier alpha value is -3.25. The molecule has 1 aromatic carbocycles. The number of hydrogen-bond acceptors (Lipinski definition) is 9. The summed E-state index contributed by atoms with van der Waals surface area (Å²) in [5, 5.41) is 10.5. The summed E-state index contributed by atoms with van der Waals surface area (Å²) in [4.78, 5) is 17.0. The number of amides is 1. The maximum Gasteiger partial charge on any atom is 0.255 e. The van der Waals surface area contributed by atoms with Gasteiger partial charge in [-0.3, -0.25) is 4.79 Å². The number of nitrogen functional groups attached to an aromatic ring is 1. The van der Waals surface area contributed by atoms with E-state index in [1.165, 1.54) is 9.69 Å². The molecule has 2 aromatic rings. The van der Waals surface area contributed by atoms with E-state index in [1.54, 1.807) is 37.5 Å². The molecule has 1 saturated heterocycles. The van der Waals surface area contributed by atoms with E-state index in [9.17, 15) is 4.79 Å². The van der Waals surface area contributed by atoms with Crippen molar-refractivity contribution in [3.8, 4) is 5.75 Å². The van der Waals surface area contributed by atoms with Crippen LogP contribution in [-0.2, 0) is 9.53 Å². The molecule has 0 aliphatic carbocycles. The van der Waals surface area contributed by atoms with Crippen molar-refractivity contribution < 1.29 is 14.3 Å². The van der Waals surface area contributed by atoms with Gasteiger partial charge in [0.1, 0.15) is 5.75 Å². The van der Waals surface area contributed by atoms with Crippen LogP contribution in [0.25, 0.3) is 0 Å². The number of morpholine rings is 1. The van der Waals surface area contributed by atoms with Crippen molar-refractivity contribution in [3.05, 3.63) is 29.8 Å². The highest BCUT2D eigenvalue weighted by atomic mass is 32.1. The number of anilines is 2. The number of carbonyl (C=O) groups excluding carboxylic acids is 1. The Balaban J connectivity index is 1.62. The van der Waals surface area contributed by atoms with Crippen LogP contribution in [0.15, 0.2) is 29.4 Å². The molecule has 1 aliphatic rings. The molecular formula is C17H22N8O3S. The largest absolute Gasteiger partial charge is 0.484 e. The molecule has 0 unspecified atom stereocenters. The third-order valence-electron chi connectivity index (χ3n) is 4.01. The molecular weight excluding hydrogens is 396 g/mol. The molecule has 154 valence electrons. The second-order valence-corrected chi connectivity index (χ2v) is 6.52. The molecule has 12 heteroatoms. The monoisotopic (exact) mass is 418 g/mol. The average Bonchev–Trinajstić information content (AvgIpc) is 3.13. The molecule has 1 aromatic heterocycles. The molecule has 1 amide bonds. The minimum atomic E-state index is -0.532. The molecule has 3 rings (SSSR count). The fraction of sp³-hybridized carbons (Fsp3) is 0.353. The number of nitrogens with zero attached hydrogens (tertiary/aromatic N) is 6. The van der Waals surface area contributed by atoms with Gasteiger partial charge in [-0.1, -0.05) is 0 Å². The summed E-state index contributed by atoms with van der Waals surface area (Å²) < 4.78 is 11.9. The topological polar surface area (TPSA) is 137 Å². The molecule has 1 fully saturated rings. The Labute approximate surface area is 172 Å². The van der Waals surface area contributed by atoms with Crippen molar-refractivity contribution in [2.45, 2.75) is 0 Å². The number of rotatable bonds is 6. The zero-order valence-corrected chi connectivity index (χ0v) is 16.7. The number of thiocarbonyl (C=S) groups is 1. The molecule has 0 radical (unpaired) electrons. The van der Waals surface area contributed by atoms with Crippen LogP contribution in [0.4, 0.5) is 11.9 Å². The van der Waals surface area contributed by atoms with Crippen molar-refractivity contribution in [2.75, 3.05) is 50.6 Å². The fourth-order valence-electron chi connectivity index (χ4n) is 2.50. The summed E-state index contributed by atoms with van der Waals surface area (Å²) in [5.74, 6) is 0.706. The lowest BCUT2D eigenvalue weighted by atomic mass is 10.2. The minimum Gasteiger partial charge on any atom is -0.484 e. The second kappa shape index (κ2) is 9.30. The predicted molar refractivity (Wildman–Crippen MR) is 112 cm³/mol. The van der Waals surface area contributed by atoms with Gasteiger partial charge < -0.3 is 25.8 Å². The van der Waals surface area contributed by atoms with E-state index in [2.05, 4.69) is 15.2 Å². The molecule has 1 aliphatic heterocycles. The molecule has 29 heavy (non-hydrogen) atoms. The van der Waals surface area contributed by atoms with E-state index in [-0.39, 0.29) is 17.7 Å². The van der Waals surface area contributed by atoms with Crippen LogP contribution in [0.3, 0.4) is 0 Å². The lowest BCUT2D eigenvalue weighted by molar-refractivity contribution is -0.119. The highest BCUT2D eigenvalue weighted by Gasteiger charge is 2.20. The zero-order chi connectivity index (χ0) is 20.8. The summed E-state index contributed by atoms with van der Waals surface area (Å²) in [5.41, 5.74) is 11.8. The van der Waals surface area contributed by atoms with Gasteiger partial charge >= 0.3 is 0 Å². The number of primary amides is 1. The highest BCUT2D eigenvalue weighted by molar-refractivity contribution is 7.80. The van der Waals surface area contributed by atoms with Gasteiger partial charge in [0.25, 0.3) is 5.91 Å². The molecule has 2 heterocycles. The summed E-state index contributed by atoms with van der Waals surface area (Å²) in [7, 11) is 1.69. The van der Waals surface area contributed by atoms with Gasteiger partial charge in [0.2, 0.25) is 17.0 Å². The first-order chi connectivity index (χ1) is 13.9. The Morgan fingerprint density at radius 1 is 1.38 bits per heavy atom. The van der Waals surface area contributed by atoms with Crippen molar-refractivity contribution >= 4 is 41.3 Å². The summed E-state index contributed by atoms with van der Waals surface area (Å²) >= 11 is 5.43. The number of carbonyl (C=O) groups is 1. The quantitative estimate of drug-likeness (QED) is 0.367. The number of benzene rings is 1. The summed E-state index contributed by atoms with van der Waals surface area (Å²) in [6, 6.07) is 7.01. The third kappa shape index (κ3) is 5.39. The number of nitrogens with two attached hydrogens (primary N) is 2. The van der Waals surface area contributed by atoms with Crippen molar-refractivity contribution in [1.29, 1.82) is 0 Å². The number of aromatic nitrogens is 3. The summed E-state index contributed by atoms with van der Waals surface area (Å²) in [6.07, 6.45) is 1.63. The van der Waals surface area contributed by atoms with Gasteiger partial charge in [-0.05, 0) is 42.0 Å². The van der Waals surface area contributed by atoms with Crippen LogP contribution in [-0.4, -0.2) is 77.0 Å². The lowest BCUT2D eigenvalue weighted by Crippen LogP contribution is -2.37. The molecule has 0 atom stereocenters. The maximum atomic E-state index is 10.7. The molecule has 0 saturated carbocycles. The van der Waals surface area contributed by atoms with Crippen LogP contribution in [0.5, 0.6) is 5.75 Å². The standard InChI is InChI=1S/C17H22N8O3S/c1-23(20-10-12-2-4-13(5-3-12)28-11-14(18)26)17(29)25-15(19)21-16(22-25)24-6-8-27-9-7-24/h2-5,10H,6-9,11H2,1H3,(H2,18,26)(H2,19,21,22)/b20-10+. The van der Waals surface area contributed by atoms with E-state index < -0.39 is 5.91 Å². The van der Waals surface area contributed by atoms with Gasteiger partial charge in [0.05, 0.1) is 19.4 Å². The van der Waals surface area contributed by atoms with E-state index >= 15 is 0 Å². The Bertz CT molecular complexity index is 893. The Morgan fingerprint density at radius 3 is 2.72 bits per heavy atom. The normalized spacial score (nSPS) is 14.2. The van der Waals surface area contributed by atoms with Gasteiger partial charge in [-0.15, -0.1) is 5.10 Å². The van der Waals surface area contributed by atoms with Crippen LogP contribution >= 0.6 is 12.2 Å². The predicted octanol–water partition coefficient (Wildman–Crippen LogP) is -0.340. The van der Waals surface area contributed by atoms with Gasteiger partial charge in [0.15, 0.2) is 6.61 Å². The van der Waals surface area contributed by atoms with E-state index in [0.29, 0.717) is 38.0 Å². The first kappa shape index (κ1) is 20.5.